The van der Waals surface area contributed by atoms with E-state index in [1.165, 1.54) is 4.31 Å². The molecule has 10 heteroatoms. The summed E-state index contributed by atoms with van der Waals surface area (Å²) < 4.78 is 31.6. The van der Waals surface area contributed by atoms with Crippen LogP contribution >= 0.6 is 0 Å². The Bertz CT molecular complexity index is 725. The molecule has 0 aromatic heterocycles. The van der Waals surface area contributed by atoms with Gasteiger partial charge >= 0.3 is 0 Å². The number of nitrogens with zero attached hydrogens (tertiary/aromatic N) is 2. The molecule has 2 saturated heterocycles. The first-order chi connectivity index (χ1) is 14.8. The van der Waals surface area contributed by atoms with E-state index in [4.69, 9.17) is 9.94 Å². The van der Waals surface area contributed by atoms with Crippen molar-refractivity contribution in [3.05, 3.63) is 12.2 Å². The number of piperidine rings is 1. The van der Waals surface area contributed by atoms with Gasteiger partial charge in [0.2, 0.25) is 15.9 Å². The summed E-state index contributed by atoms with van der Waals surface area (Å²) in [6, 6.07) is 0. The molecule has 0 aromatic carbocycles. The van der Waals surface area contributed by atoms with Gasteiger partial charge in [0.25, 0.3) is 5.91 Å². The van der Waals surface area contributed by atoms with Crippen molar-refractivity contribution in [1.82, 2.24) is 14.7 Å². The number of hydrogen-bond acceptors (Lipinski definition) is 6. The minimum Gasteiger partial charge on any atom is -0.381 e. The summed E-state index contributed by atoms with van der Waals surface area (Å²) in [5.74, 6) is -0.315. The molecular formula is C21H37N3O6S. The number of hydroxylamine groups is 1. The van der Waals surface area contributed by atoms with Crippen molar-refractivity contribution in [2.24, 2.45) is 5.92 Å². The summed E-state index contributed by atoms with van der Waals surface area (Å²) in [5.41, 5.74) is 1.56. The normalized spacial score (nSPS) is 20.6. The maximum Gasteiger partial charge on any atom is 0.266 e. The molecule has 31 heavy (non-hydrogen) atoms. The van der Waals surface area contributed by atoms with Crippen LogP contribution in [0.25, 0.3) is 0 Å². The third-order valence-corrected chi connectivity index (χ3v) is 9.14. The van der Waals surface area contributed by atoms with Crippen molar-refractivity contribution in [3.8, 4) is 0 Å². The van der Waals surface area contributed by atoms with Crippen LogP contribution < -0.4 is 5.48 Å². The second-order valence-electron chi connectivity index (χ2n) is 8.48. The number of likely N-dealkylation sites (N-methyl/N-ethyl adjacent to an activating group) is 1. The van der Waals surface area contributed by atoms with E-state index in [-0.39, 0.29) is 32.0 Å². The number of carbonyl (C=O) groups excluding carboxylic acids is 2. The van der Waals surface area contributed by atoms with Gasteiger partial charge in [-0.25, -0.2) is 18.2 Å². The monoisotopic (exact) mass is 459 g/mol. The highest BCUT2D eigenvalue weighted by molar-refractivity contribution is 7.91. The Balaban J connectivity index is 1.81. The first kappa shape index (κ1) is 25.8. The highest BCUT2D eigenvalue weighted by Gasteiger charge is 2.54. The zero-order valence-corrected chi connectivity index (χ0v) is 19.5. The smallest absolute Gasteiger partial charge is 0.266 e. The predicted octanol–water partition coefficient (Wildman–Crippen LogP) is 1.68. The Hall–Kier alpha value is -1.49. The standard InChI is InChI=1S/C21H37N3O6S/c1-3-4-13-23(2)19(25)8-6-5-7-18-9-14-24(15-10-18)31(28,29)21(20(26)22-27)11-16-30-17-12-21/h3-4,18,27H,5-17H2,1-2H3,(H,22,26)/b4-3+. The maximum atomic E-state index is 13.3. The van der Waals surface area contributed by atoms with Crippen LogP contribution in [0.15, 0.2) is 12.2 Å². The number of nitrogens with one attached hydrogen (secondary N) is 1. The van der Waals surface area contributed by atoms with Crippen LogP contribution in [-0.4, -0.2) is 79.3 Å². The lowest BCUT2D eigenvalue weighted by Gasteiger charge is -2.40. The van der Waals surface area contributed by atoms with Crippen molar-refractivity contribution in [3.63, 3.8) is 0 Å². The summed E-state index contributed by atoms with van der Waals surface area (Å²) in [5, 5.41) is 9.14. The molecule has 0 saturated carbocycles. The van der Waals surface area contributed by atoms with Gasteiger partial charge in [0, 0.05) is 59.2 Å². The summed E-state index contributed by atoms with van der Waals surface area (Å²) in [6.45, 7) is 3.65. The Morgan fingerprint density at radius 3 is 2.45 bits per heavy atom. The van der Waals surface area contributed by atoms with Crippen LogP contribution in [0.2, 0.25) is 0 Å². The first-order valence-electron chi connectivity index (χ1n) is 11.2. The summed E-state index contributed by atoms with van der Waals surface area (Å²) in [6.07, 6.45) is 8.70. The highest BCUT2D eigenvalue weighted by atomic mass is 32.2. The largest absolute Gasteiger partial charge is 0.381 e. The lowest BCUT2D eigenvalue weighted by molar-refractivity contribution is -0.134. The van der Waals surface area contributed by atoms with E-state index in [2.05, 4.69) is 0 Å². The molecule has 2 fully saturated rings. The van der Waals surface area contributed by atoms with Crippen LogP contribution in [-0.2, 0) is 24.3 Å². The van der Waals surface area contributed by atoms with Crippen molar-refractivity contribution >= 4 is 21.8 Å². The van der Waals surface area contributed by atoms with E-state index < -0.39 is 20.7 Å². The lowest BCUT2D eigenvalue weighted by atomic mass is 9.92. The molecule has 2 aliphatic heterocycles. The number of hydrogen-bond donors (Lipinski definition) is 2. The van der Waals surface area contributed by atoms with E-state index in [0.717, 1.165) is 32.1 Å². The van der Waals surface area contributed by atoms with Gasteiger partial charge in [-0.3, -0.25) is 14.8 Å². The van der Waals surface area contributed by atoms with Gasteiger partial charge in [-0.15, -0.1) is 0 Å². The fraction of sp³-hybridized carbons (Fsp3) is 0.810. The third-order valence-electron chi connectivity index (χ3n) is 6.52. The van der Waals surface area contributed by atoms with Gasteiger partial charge in [0.05, 0.1) is 0 Å². The zero-order chi connectivity index (χ0) is 22.9. The van der Waals surface area contributed by atoms with Crippen LogP contribution in [0, 0.1) is 5.92 Å². The molecule has 2 aliphatic rings. The van der Waals surface area contributed by atoms with E-state index in [0.29, 0.717) is 32.0 Å². The molecule has 2 rings (SSSR count). The average molecular weight is 460 g/mol. The lowest BCUT2D eigenvalue weighted by Crippen LogP contribution is -2.60. The van der Waals surface area contributed by atoms with Crippen LogP contribution in [0.4, 0.5) is 0 Å². The molecule has 0 radical (unpaired) electrons. The number of allylic oxidation sites excluding steroid dienone is 1. The molecule has 2 N–H and O–H groups in total. The van der Waals surface area contributed by atoms with Crippen LogP contribution in [0.5, 0.6) is 0 Å². The fourth-order valence-corrected chi connectivity index (χ4v) is 6.50. The summed E-state index contributed by atoms with van der Waals surface area (Å²) >= 11 is 0. The summed E-state index contributed by atoms with van der Waals surface area (Å²) in [7, 11) is -2.10. The second kappa shape index (κ2) is 11.9. The molecule has 0 unspecified atom stereocenters. The van der Waals surface area contributed by atoms with Gasteiger partial charge in [0.15, 0.2) is 4.75 Å². The Morgan fingerprint density at radius 1 is 1.23 bits per heavy atom. The zero-order valence-electron chi connectivity index (χ0n) is 18.7. The Labute approximate surface area is 185 Å². The Kier molecular flexibility index (Phi) is 9.92. The second-order valence-corrected chi connectivity index (χ2v) is 10.7. The molecule has 0 aromatic rings. The first-order valence-corrected chi connectivity index (χ1v) is 12.6. The van der Waals surface area contributed by atoms with Crippen LogP contribution in [0.3, 0.4) is 0 Å². The van der Waals surface area contributed by atoms with Gasteiger partial charge in [-0.2, -0.15) is 0 Å². The molecule has 178 valence electrons. The minimum atomic E-state index is -3.91. The van der Waals surface area contributed by atoms with Crippen molar-refractivity contribution in [2.45, 2.75) is 63.0 Å². The SMILES string of the molecule is C/C=C/CN(C)C(=O)CCCCC1CCN(S(=O)(=O)C2(C(=O)NO)CCOCC2)CC1. The molecule has 0 aliphatic carbocycles. The number of sulfonamides is 1. The molecule has 2 heterocycles. The number of unbranched alkanes of at least 4 members (excludes halogenated alkanes) is 1. The van der Waals surface area contributed by atoms with Crippen LogP contribution in [0.1, 0.15) is 58.3 Å². The Morgan fingerprint density at radius 2 is 1.87 bits per heavy atom. The van der Waals surface area contributed by atoms with Crippen molar-refractivity contribution in [2.75, 3.05) is 39.9 Å². The fourth-order valence-electron chi connectivity index (χ4n) is 4.36. The number of ether oxygens (including phenoxy) is 1. The number of amides is 2. The molecule has 2 amide bonds. The number of rotatable bonds is 10. The third kappa shape index (κ3) is 6.27. The maximum absolute atomic E-state index is 13.3. The van der Waals surface area contributed by atoms with E-state index in [1.54, 1.807) is 17.4 Å². The van der Waals surface area contributed by atoms with Gasteiger partial charge in [0.1, 0.15) is 0 Å². The molecule has 0 atom stereocenters. The molecule has 0 bridgehead atoms. The molecule has 0 spiro atoms. The van der Waals surface area contributed by atoms with E-state index in [1.807, 2.05) is 19.1 Å². The highest BCUT2D eigenvalue weighted by Crippen LogP contribution is 2.35. The number of carbonyl (C=O) groups is 2. The van der Waals surface area contributed by atoms with Crippen molar-refractivity contribution < 1.29 is 28.0 Å². The summed E-state index contributed by atoms with van der Waals surface area (Å²) in [4.78, 5) is 26.1. The van der Waals surface area contributed by atoms with Gasteiger partial charge in [-0.05, 0) is 32.1 Å². The topological polar surface area (TPSA) is 116 Å². The molecular weight excluding hydrogens is 422 g/mol. The quantitative estimate of drug-likeness (QED) is 0.222. The van der Waals surface area contributed by atoms with Gasteiger partial charge < -0.3 is 9.64 Å². The minimum absolute atomic E-state index is 0.0399. The predicted molar refractivity (Wildman–Crippen MR) is 117 cm³/mol. The van der Waals surface area contributed by atoms with Crippen molar-refractivity contribution in [1.29, 1.82) is 0 Å². The van der Waals surface area contributed by atoms with E-state index >= 15 is 0 Å². The van der Waals surface area contributed by atoms with E-state index in [9.17, 15) is 18.0 Å². The van der Waals surface area contributed by atoms with Gasteiger partial charge in [-0.1, -0.05) is 25.0 Å². The average Bonchev–Trinajstić information content (AvgIpc) is 2.80. The molecule has 9 nitrogen and oxygen atoms in total.